The second-order valence-corrected chi connectivity index (χ2v) is 22.4. The smallest absolute Gasteiger partial charge is 0.0704 e. The molecule has 11 rings (SSSR count). The van der Waals surface area contributed by atoms with Crippen molar-refractivity contribution in [2.75, 3.05) is 0 Å². The van der Waals surface area contributed by atoms with Crippen LogP contribution in [0.2, 0.25) is 0 Å². The Bertz CT molecular complexity index is 3390. The third kappa shape index (κ3) is 10.2. The highest BCUT2D eigenvalue weighted by molar-refractivity contribution is 5.88. The maximum absolute atomic E-state index is 4.81. The minimum atomic E-state index is 0.0453. The predicted molar refractivity (Wildman–Crippen MR) is 310 cm³/mol. The molecule has 0 bridgehead atoms. The minimum absolute atomic E-state index is 0.0453. The lowest BCUT2D eigenvalue weighted by Gasteiger charge is -2.38. The molecule has 364 valence electrons. The molecule has 0 spiro atoms. The molecule has 1 fully saturated rings. The summed E-state index contributed by atoms with van der Waals surface area (Å²) in [6, 6.07) is 78.6. The summed E-state index contributed by atoms with van der Waals surface area (Å²) in [5, 5.41) is 0. The summed E-state index contributed by atoms with van der Waals surface area (Å²) in [6.07, 6.45) is 8.90. The fourth-order valence-electron chi connectivity index (χ4n) is 11.5. The van der Waals surface area contributed by atoms with Gasteiger partial charge in [0, 0.05) is 35.3 Å². The summed E-state index contributed by atoms with van der Waals surface area (Å²) >= 11 is 0. The highest BCUT2D eigenvalue weighted by atomic mass is 14.7. The number of rotatable bonds is 10. The van der Waals surface area contributed by atoms with Crippen LogP contribution >= 0.6 is 0 Å². The van der Waals surface area contributed by atoms with Crippen LogP contribution in [0.1, 0.15) is 106 Å². The van der Waals surface area contributed by atoms with Gasteiger partial charge in [0.1, 0.15) is 0 Å². The number of hydrogen-bond acceptors (Lipinski definition) is 3. The van der Waals surface area contributed by atoms with Crippen LogP contribution < -0.4 is 0 Å². The van der Waals surface area contributed by atoms with Gasteiger partial charge < -0.3 is 0 Å². The third-order valence-corrected chi connectivity index (χ3v) is 15.5. The average molecular weight is 960 g/mol. The van der Waals surface area contributed by atoms with Crippen LogP contribution in [0.25, 0.3) is 78.3 Å². The van der Waals surface area contributed by atoms with Gasteiger partial charge in [-0.1, -0.05) is 211 Å². The molecule has 2 unspecified atom stereocenters. The van der Waals surface area contributed by atoms with E-state index in [1.807, 2.05) is 24.7 Å². The molecule has 10 aromatic rings. The second kappa shape index (κ2) is 20.5. The van der Waals surface area contributed by atoms with Crippen molar-refractivity contribution in [2.45, 2.75) is 89.4 Å². The Morgan fingerprint density at radius 2 is 0.676 bits per heavy atom. The van der Waals surface area contributed by atoms with Crippen molar-refractivity contribution in [1.29, 1.82) is 0 Å². The number of nitrogens with zero attached hydrogens (tertiary/aromatic N) is 3. The Morgan fingerprint density at radius 1 is 0.284 bits per heavy atom. The Hall–Kier alpha value is -8.01. The minimum Gasteiger partial charge on any atom is -0.256 e. The SMILES string of the molecule is CC(C)(C)c1ccnc(-c2ccc(-c3ccccc3C3CC(c4ccccc4-c4ccc(-c5cc(C(C)(C)C)ccn5)cc4)CC(c4ccccc4-c4ccc(-c5ccccn5)cc4-c4ccccc4)C3)cc2)c1. The molecule has 0 saturated heterocycles. The molecular formula is C71H65N3. The quantitative estimate of drug-likeness (QED) is 0.137. The van der Waals surface area contributed by atoms with Crippen molar-refractivity contribution < 1.29 is 0 Å². The van der Waals surface area contributed by atoms with Crippen molar-refractivity contribution in [3.63, 3.8) is 0 Å². The highest BCUT2D eigenvalue weighted by Crippen LogP contribution is 2.53. The zero-order valence-corrected chi connectivity index (χ0v) is 43.6. The number of benzene rings is 7. The molecule has 0 aliphatic heterocycles. The van der Waals surface area contributed by atoms with E-state index in [2.05, 4.69) is 248 Å². The molecule has 0 radical (unpaired) electrons. The molecule has 2 atom stereocenters. The maximum atomic E-state index is 4.81. The first-order chi connectivity index (χ1) is 35.9. The topological polar surface area (TPSA) is 38.7 Å². The molecule has 3 nitrogen and oxygen atoms in total. The molecule has 3 heterocycles. The predicted octanol–water partition coefficient (Wildman–Crippen LogP) is 19.0. The van der Waals surface area contributed by atoms with E-state index < -0.39 is 0 Å². The van der Waals surface area contributed by atoms with E-state index in [1.54, 1.807) is 0 Å². The molecule has 1 aliphatic rings. The van der Waals surface area contributed by atoms with Gasteiger partial charge in [-0.05, 0) is 163 Å². The van der Waals surface area contributed by atoms with Gasteiger partial charge in [-0.3, -0.25) is 15.0 Å². The molecule has 74 heavy (non-hydrogen) atoms. The average Bonchev–Trinajstić information content (AvgIpc) is 3.45. The van der Waals surface area contributed by atoms with E-state index in [0.29, 0.717) is 11.8 Å². The van der Waals surface area contributed by atoms with Crippen LogP contribution in [0.5, 0.6) is 0 Å². The first kappa shape index (κ1) is 48.3. The van der Waals surface area contributed by atoms with Gasteiger partial charge >= 0.3 is 0 Å². The molecule has 0 N–H and O–H groups in total. The first-order valence-corrected chi connectivity index (χ1v) is 26.5. The fourth-order valence-corrected chi connectivity index (χ4v) is 11.5. The Morgan fingerprint density at radius 3 is 1.15 bits per heavy atom. The number of pyridine rings is 3. The van der Waals surface area contributed by atoms with Gasteiger partial charge in [-0.2, -0.15) is 0 Å². The van der Waals surface area contributed by atoms with Crippen molar-refractivity contribution in [3.05, 3.63) is 259 Å². The molecule has 1 aliphatic carbocycles. The lowest BCUT2D eigenvalue weighted by Crippen LogP contribution is -2.21. The van der Waals surface area contributed by atoms with E-state index in [4.69, 9.17) is 15.0 Å². The third-order valence-electron chi connectivity index (χ3n) is 15.5. The van der Waals surface area contributed by atoms with E-state index in [-0.39, 0.29) is 16.7 Å². The van der Waals surface area contributed by atoms with E-state index in [9.17, 15) is 0 Å². The van der Waals surface area contributed by atoms with Crippen molar-refractivity contribution in [3.8, 4) is 78.3 Å². The van der Waals surface area contributed by atoms with Crippen LogP contribution in [0.3, 0.4) is 0 Å². The zero-order valence-electron chi connectivity index (χ0n) is 43.6. The molecule has 0 amide bonds. The van der Waals surface area contributed by atoms with Crippen LogP contribution in [0, 0.1) is 0 Å². The summed E-state index contributed by atoms with van der Waals surface area (Å²) in [4.78, 5) is 14.4. The maximum Gasteiger partial charge on any atom is 0.0704 e. The first-order valence-electron chi connectivity index (χ1n) is 26.5. The summed E-state index contributed by atoms with van der Waals surface area (Å²) in [5.74, 6) is 0.872. The van der Waals surface area contributed by atoms with E-state index in [1.165, 1.54) is 72.3 Å². The van der Waals surface area contributed by atoms with Crippen LogP contribution in [-0.2, 0) is 10.8 Å². The summed E-state index contributed by atoms with van der Waals surface area (Å²) in [7, 11) is 0. The van der Waals surface area contributed by atoms with Gasteiger partial charge in [-0.15, -0.1) is 0 Å². The molecule has 7 aromatic carbocycles. The lowest BCUT2D eigenvalue weighted by atomic mass is 9.66. The molecule has 3 heteroatoms. The van der Waals surface area contributed by atoms with Crippen molar-refractivity contribution >= 4 is 0 Å². The van der Waals surface area contributed by atoms with Crippen molar-refractivity contribution in [1.82, 2.24) is 15.0 Å². The Labute approximate surface area is 439 Å². The lowest BCUT2D eigenvalue weighted by molar-refractivity contribution is 0.353. The van der Waals surface area contributed by atoms with E-state index >= 15 is 0 Å². The number of aromatic nitrogens is 3. The molecular weight excluding hydrogens is 895 g/mol. The monoisotopic (exact) mass is 960 g/mol. The highest BCUT2D eigenvalue weighted by Gasteiger charge is 2.35. The fraction of sp³-hybridized carbons (Fsp3) is 0.197. The summed E-state index contributed by atoms with van der Waals surface area (Å²) in [6.45, 7) is 13.6. The Balaban J connectivity index is 1.01. The summed E-state index contributed by atoms with van der Waals surface area (Å²) < 4.78 is 0. The standard InChI is InChI=1S/C71H65N3/c1-70(2,3)57-37-40-73-68(46-57)51-31-27-49(28-32-51)59-20-10-12-22-61(59)54-42-55(62-23-13-11-21-60(62)50-29-33-52(34-30-50)69-47-58(38-41-74-69)71(4,5)6)44-56(43-54)63-24-14-15-25-64(63)65-36-35-53(67-26-16-17-39-72-67)45-66(65)48-18-8-7-9-19-48/h7-41,45-47,54-56H,42-44H2,1-6H3. The van der Waals surface area contributed by atoms with Gasteiger partial charge in [0.25, 0.3) is 0 Å². The van der Waals surface area contributed by atoms with Crippen LogP contribution in [0.15, 0.2) is 231 Å². The van der Waals surface area contributed by atoms with Crippen LogP contribution in [-0.4, -0.2) is 15.0 Å². The van der Waals surface area contributed by atoms with E-state index in [0.717, 1.165) is 53.0 Å². The second-order valence-electron chi connectivity index (χ2n) is 22.4. The normalized spacial score (nSPS) is 15.9. The molecule has 3 aromatic heterocycles. The van der Waals surface area contributed by atoms with Gasteiger partial charge in [0.2, 0.25) is 0 Å². The van der Waals surface area contributed by atoms with Gasteiger partial charge in [0.05, 0.1) is 17.1 Å². The van der Waals surface area contributed by atoms with Gasteiger partial charge in [-0.25, -0.2) is 0 Å². The number of hydrogen-bond donors (Lipinski definition) is 0. The van der Waals surface area contributed by atoms with Crippen LogP contribution in [0.4, 0.5) is 0 Å². The summed E-state index contributed by atoms with van der Waals surface area (Å²) in [5.41, 5.74) is 23.3. The largest absolute Gasteiger partial charge is 0.256 e. The van der Waals surface area contributed by atoms with Crippen molar-refractivity contribution in [2.24, 2.45) is 0 Å². The Kier molecular flexibility index (Phi) is 13.4. The zero-order chi connectivity index (χ0) is 50.8. The van der Waals surface area contributed by atoms with Gasteiger partial charge in [0.15, 0.2) is 0 Å². The molecule has 1 saturated carbocycles.